The van der Waals surface area contributed by atoms with Crippen LogP contribution in [0.25, 0.3) is 5.70 Å². The van der Waals surface area contributed by atoms with Crippen LogP contribution in [0.5, 0.6) is 0 Å². The van der Waals surface area contributed by atoms with Gasteiger partial charge in [0.25, 0.3) is 0 Å². The van der Waals surface area contributed by atoms with Gasteiger partial charge in [0.1, 0.15) is 0 Å². The van der Waals surface area contributed by atoms with E-state index in [-0.39, 0.29) is 0 Å². The topological polar surface area (TPSA) is 68.6 Å². The average molecular weight is 489 g/mol. The predicted octanol–water partition coefficient (Wildman–Crippen LogP) is 3.53. The zero-order valence-corrected chi connectivity index (χ0v) is 21.8. The molecule has 6 nitrogen and oxygen atoms in total. The first-order chi connectivity index (χ1) is 16.7. The Kier molecular flexibility index (Phi) is 9.95. The van der Waals surface area contributed by atoms with Crippen molar-refractivity contribution >= 4 is 23.0 Å². The van der Waals surface area contributed by atoms with Crippen molar-refractivity contribution in [1.82, 2.24) is 25.8 Å². The molecule has 5 N–H and O–H groups in total. The number of likely N-dealkylation sites (tertiary alicyclic amines) is 1. The van der Waals surface area contributed by atoms with Crippen molar-refractivity contribution in [2.75, 3.05) is 58.1 Å². The van der Waals surface area contributed by atoms with E-state index in [1.165, 1.54) is 77.8 Å². The molecule has 0 saturated carbocycles. The monoisotopic (exact) mass is 488 g/mol. The molecule has 0 atom stereocenters. The number of benzene rings is 1. The van der Waals surface area contributed by atoms with E-state index in [0.29, 0.717) is 5.02 Å². The van der Waals surface area contributed by atoms with Gasteiger partial charge in [-0.2, -0.15) is 0 Å². The summed E-state index contributed by atoms with van der Waals surface area (Å²) in [6, 6.07) is 8.06. The van der Waals surface area contributed by atoms with Crippen LogP contribution in [0.15, 0.2) is 24.3 Å². The number of hydrogen-bond acceptors (Lipinski definition) is 6. The lowest BCUT2D eigenvalue weighted by atomic mass is 9.91. The Balaban J connectivity index is 1.22. The van der Waals surface area contributed by atoms with Crippen LogP contribution in [-0.2, 0) is 0 Å². The van der Waals surface area contributed by atoms with E-state index in [9.17, 15) is 0 Å². The third-order valence-electron chi connectivity index (χ3n) is 8.00. The normalized spacial score (nSPS) is 22.4. The standard InChI is InChI=1S/C27H45ClN6/c1-2-27(25-5-4-21(28)20-26(25)29)32-12-3-17-33-18-10-24(11-19-33)34(22-6-13-30-14-7-22)23-8-15-31-16-9-23/h2,4-5,20,22-24,30-32H,3,6-19,29H2,1H3/b27-2+. The second-order valence-electron chi connectivity index (χ2n) is 10.2. The maximum atomic E-state index is 6.18. The number of nitrogens with zero attached hydrogens (tertiary/aromatic N) is 2. The number of rotatable bonds is 9. The Labute approximate surface area is 211 Å². The molecule has 3 aliphatic heterocycles. The molecule has 3 heterocycles. The summed E-state index contributed by atoms with van der Waals surface area (Å²) in [6.45, 7) is 11.4. The first-order valence-electron chi connectivity index (χ1n) is 13.5. The van der Waals surface area contributed by atoms with Gasteiger partial charge in [-0.05, 0) is 116 Å². The minimum absolute atomic E-state index is 0.680. The van der Waals surface area contributed by atoms with Gasteiger partial charge in [-0.1, -0.05) is 17.7 Å². The molecule has 0 spiro atoms. The molecule has 0 radical (unpaired) electrons. The van der Waals surface area contributed by atoms with E-state index < -0.39 is 0 Å². The molecule has 0 unspecified atom stereocenters. The average Bonchev–Trinajstić information content (AvgIpc) is 2.87. The highest BCUT2D eigenvalue weighted by atomic mass is 35.5. The van der Waals surface area contributed by atoms with Gasteiger partial charge in [0.05, 0.1) is 0 Å². The van der Waals surface area contributed by atoms with Crippen LogP contribution in [0, 0.1) is 0 Å². The molecule has 3 saturated heterocycles. The van der Waals surface area contributed by atoms with E-state index in [4.69, 9.17) is 17.3 Å². The first kappa shape index (κ1) is 25.8. The smallest absolute Gasteiger partial charge is 0.0426 e. The van der Waals surface area contributed by atoms with Gasteiger partial charge in [-0.25, -0.2) is 0 Å². The minimum atomic E-state index is 0.680. The molecule has 7 heteroatoms. The largest absolute Gasteiger partial charge is 0.398 e. The van der Waals surface area contributed by atoms with Crippen LogP contribution < -0.4 is 21.7 Å². The fraction of sp³-hybridized carbons (Fsp3) is 0.704. The second-order valence-corrected chi connectivity index (χ2v) is 10.6. The van der Waals surface area contributed by atoms with Crippen molar-refractivity contribution in [3.8, 4) is 0 Å². The van der Waals surface area contributed by atoms with Crippen LogP contribution in [0.1, 0.15) is 57.4 Å². The number of allylic oxidation sites excluding steroid dienone is 1. The molecule has 34 heavy (non-hydrogen) atoms. The number of piperidine rings is 3. The summed E-state index contributed by atoms with van der Waals surface area (Å²) in [5, 5.41) is 11.4. The summed E-state index contributed by atoms with van der Waals surface area (Å²) in [4.78, 5) is 5.67. The molecule has 1 aromatic rings. The van der Waals surface area contributed by atoms with Crippen molar-refractivity contribution in [2.45, 2.75) is 70.0 Å². The van der Waals surface area contributed by atoms with Crippen LogP contribution in [-0.4, -0.2) is 80.3 Å². The highest BCUT2D eigenvalue weighted by Crippen LogP contribution is 2.29. The number of nitrogens with two attached hydrogens (primary N) is 1. The molecule has 1 aromatic carbocycles. The van der Waals surface area contributed by atoms with E-state index in [2.05, 4.69) is 38.7 Å². The lowest BCUT2D eigenvalue weighted by molar-refractivity contribution is 0.0132. The lowest BCUT2D eigenvalue weighted by Crippen LogP contribution is -2.57. The van der Waals surface area contributed by atoms with Crippen molar-refractivity contribution in [2.24, 2.45) is 0 Å². The van der Waals surface area contributed by atoms with E-state index in [1.54, 1.807) is 0 Å². The van der Waals surface area contributed by atoms with Crippen LogP contribution >= 0.6 is 11.6 Å². The number of nitrogens with one attached hydrogen (secondary N) is 3. The third-order valence-corrected chi connectivity index (χ3v) is 8.23. The van der Waals surface area contributed by atoms with Gasteiger partial charge in [0, 0.05) is 46.6 Å². The van der Waals surface area contributed by atoms with Crippen molar-refractivity contribution in [1.29, 1.82) is 0 Å². The summed E-state index contributed by atoms with van der Waals surface area (Å²) < 4.78 is 0. The van der Waals surface area contributed by atoms with Gasteiger partial charge in [-0.15, -0.1) is 0 Å². The summed E-state index contributed by atoms with van der Waals surface area (Å²) in [7, 11) is 0. The van der Waals surface area contributed by atoms with Gasteiger partial charge in [0.15, 0.2) is 0 Å². The van der Waals surface area contributed by atoms with Gasteiger partial charge in [-0.3, -0.25) is 4.90 Å². The Bertz CT molecular complexity index is 761. The maximum absolute atomic E-state index is 6.18. The fourth-order valence-corrected chi connectivity index (χ4v) is 6.38. The molecule has 3 aliphatic rings. The highest BCUT2D eigenvalue weighted by molar-refractivity contribution is 6.30. The number of nitrogen functional groups attached to an aromatic ring is 1. The van der Waals surface area contributed by atoms with Crippen molar-refractivity contribution in [3.63, 3.8) is 0 Å². The summed E-state index contributed by atoms with van der Waals surface area (Å²) in [6.07, 6.45) is 11.2. The van der Waals surface area contributed by atoms with Gasteiger partial charge < -0.3 is 26.6 Å². The van der Waals surface area contributed by atoms with Crippen LogP contribution in [0.3, 0.4) is 0 Å². The highest BCUT2D eigenvalue weighted by Gasteiger charge is 2.35. The van der Waals surface area contributed by atoms with Crippen LogP contribution in [0.4, 0.5) is 5.69 Å². The zero-order chi connectivity index (χ0) is 23.8. The summed E-state index contributed by atoms with van der Waals surface area (Å²) >= 11 is 6.06. The third kappa shape index (κ3) is 6.88. The van der Waals surface area contributed by atoms with Crippen molar-refractivity contribution in [3.05, 3.63) is 34.9 Å². The quantitative estimate of drug-likeness (QED) is 0.315. The number of hydrogen-bond donors (Lipinski definition) is 4. The van der Waals surface area contributed by atoms with E-state index >= 15 is 0 Å². The predicted molar refractivity (Wildman–Crippen MR) is 145 cm³/mol. The molecule has 0 bridgehead atoms. The molecular weight excluding hydrogens is 444 g/mol. The molecule has 0 aromatic heterocycles. The van der Waals surface area contributed by atoms with Crippen LogP contribution in [0.2, 0.25) is 5.02 Å². The summed E-state index contributed by atoms with van der Waals surface area (Å²) in [5.74, 6) is 0. The Morgan fingerprint density at radius 3 is 2.18 bits per heavy atom. The lowest BCUT2D eigenvalue weighted by Gasteiger charge is -2.48. The SMILES string of the molecule is C/C=C(/NCCCN1CCC(N(C2CCNCC2)C2CCNCC2)CC1)c1ccc(Cl)cc1N. The van der Waals surface area contributed by atoms with E-state index in [1.807, 2.05) is 18.2 Å². The first-order valence-corrected chi connectivity index (χ1v) is 13.9. The number of halogens is 1. The number of anilines is 1. The van der Waals surface area contributed by atoms with Gasteiger partial charge >= 0.3 is 0 Å². The Morgan fingerprint density at radius 2 is 1.62 bits per heavy atom. The fourth-order valence-electron chi connectivity index (χ4n) is 6.20. The van der Waals surface area contributed by atoms with Crippen molar-refractivity contribution < 1.29 is 0 Å². The molecular formula is C27H45ClN6. The molecule has 4 rings (SSSR count). The molecule has 0 aliphatic carbocycles. The van der Waals surface area contributed by atoms with Gasteiger partial charge in [0.2, 0.25) is 0 Å². The van der Waals surface area contributed by atoms with E-state index in [0.717, 1.165) is 54.6 Å². The Hall–Kier alpha value is -1.31. The molecule has 3 fully saturated rings. The maximum Gasteiger partial charge on any atom is 0.0426 e. The Morgan fingerprint density at radius 1 is 1.03 bits per heavy atom. The molecule has 0 amide bonds. The summed E-state index contributed by atoms with van der Waals surface area (Å²) in [5.41, 5.74) is 9.03. The zero-order valence-electron chi connectivity index (χ0n) is 21.0. The second kappa shape index (κ2) is 13.1. The molecule has 190 valence electrons. The minimum Gasteiger partial charge on any atom is -0.398 e.